The van der Waals surface area contributed by atoms with Crippen molar-refractivity contribution in [2.45, 2.75) is 20.0 Å². The van der Waals surface area contributed by atoms with E-state index in [0.717, 1.165) is 6.07 Å². The number of hydrogen-bond donors (Lipinski definition) is 1. The summed E-state index contributed by atoms with van der Waals surface area (Å²) in [5.41, 5.74) is 5.77. The summed E-state index contributed by atoms with van der Waals surface area (Å²) in [5, 5.41) is 0. The van der Waals surface area contributed by atoms with Crippen molar-refractivity contribution in [3.05, 3.63) is 29.6 Å². The van der Waals surface area contributed by atoms with Crippen LogP contribution in [0, 0.1) is 5.82 Å². The second kappa shape index (κ2) is 6.30. The van der Waals surface area contributed by atoms with Gasteiger partial charge in [-0.05, 0) is 32.0 Å². The van der Waals surface area contributed by atoms with Crippen LogP contribution in [0.25, 0.3) is 0 Å². The Kier molecular flexibility index (Phi) is 5.03. The Morgan fingerprint density at radius 1 is 1.56 bits per heavy atom. The molecule has 1 atom stereocenters. The molecular formula is C12H14FNO3S. The zero-order valence-electron chi connectivity index (χ0n) is 10.1. The van der Waals surface area contributed by atoms with Gasteiger partial charge in [-0.15, -0.1) is 0 Å². The first-order valence-electron chi connectivity index (χ1n) is 5.38. The summed E-state index contributed by atoms with van der Waals surface area (Å²) < 4.78 is 23.5. The van der Waals surface area contributed by atoms with Crippen LogP contribution >= 0.6 is 12.2 Å². The van der Waals surface area contributed by atoms with Crippen LogP contribution in [-0.2, 0) is 9.53 Å². The molecule has 1 rings (SSSR count). The molecule has 0 aromatic heterocycles. The van der Waals surface area contributed by atoms with E-state index in [1.165, 1.54) is 19.1 Å². The number of esters is 1. The molecule has 0 saturated heterocycles. The lowest BCUT2D eigenvalue weighted by Gasteiger charge is -2.14. The van der Waals surface area contributed by atoms with Crippen molar-refractivity contribution in [1.82, 2.24) is 0 Å². The van der Waals surface area contributed by atoms with E-state index in [2.05, 4.69) is 0 Å². The van der Waals surface area contributed by atoms with Crippen LogP contribution in [0.3, 0.4) is 0 Å². The number of halogens is 1. The second-order valence-electron chi connectivity index (χ2n) is 3.52. The predicted octanol–water partition coefficient (Wildman–Crippen LogP) is 1.79. The molecule has 0 radical (unpaired) electrons. The number of thiocarbonyl (C=S) groups is 1. The first-order valence-corrected chi connectivity index (χ1v) is 5.79. The maximum absolute atomic E-state index is 13.6. The number of carbonyl (C=O) groups excluding carboxylic acids is 1. The highest BCUT2D eigenvalue weighted by Crippen LogP contribution is 2.20. The molecule has 98 valence electrons. The molecule has 0 aliphatic heterocycles. The van der Waals surface area contributed by atoms with Gasteiger partial charge in [0.05, 0.1) is 6.61 Å². The number of rotatable bonds is 5. The first-order chi connectivity index (χ1) is 8.45. The largest absolute Gasteiger partial charge is 0.476 e. The van der Waals surface area contributed by atoms with E-state index in [4.69, 9.17) is 27.4 Å². The van der Waals surface area contributed by atoms with E-state index in [0.29, 0.717) is 5.56 Å². The Bertz CT molecular complexity index is 465. The molecule has 0 aliphatic rings. The average molecular weight is 271 g/mol. The fraction of sp³-hybridized carbons (Fsp3) is 0.333. The molecule has 2 N–H and O–H groups in total. The average Bonchev–Trinajstić information content (AvgIpc) is 2.31. The zero-order valence-corrected chi connectivity index (χ0v) is 10.9. The Morgan fingerprint density at radius 2 is 2.22 bits per heavy atom. The number of nitrogens with two attached hydrogens (primary N) is 1. The van der Waals surface area contributed by atoms with E-state index >= 15 is 0 Å². The fourth-order valence-corrected chi connectivity index (χ4v) is 1.37. The molecule has 0 spiro atoms. The van der Waals surface area contributed by atoms with Crippen LogP contribution in [0.15, 0.2) is 18.2 Å². The molecule has 0 amide bonds. The molecular weight excluding hydrogens is 257 g/mol. The SMILES string of the molecule is CCOC(=O)C(C)Oc1ccc(C(N)=S)cc1F. The maximum atomic E-state index is 13.6. The Labute approximate surface area is 110 Å². The predicted molar refractivity (Wildman–Crippen MR) is 69.0 cm³/mol. The molecule has 4 nitrogen and oxygen atoms in total. The molecule has 1 aromatic rings. The lowest BCUT2D eigenvalue weighted by atomic mass is 10.2. The second-order valence-corrected chi connectivity index (χ2v) is 3.96. The number of carbonyl (C=O) groups is 1. The van der Waals surface area contributed by atoms with Crippen LogP contribution in [0.2, 0.25) is 0 Å². The van der Waals surface area contributed by atoms with Gasteiger partial charge in [0.2, 0.25) is 0 Å². The first kappa shape index (κ1) is 14.4. The highest BCUT2D eigenvalue weighted by atomic mass is 32.1. The normalized spacial score (nSPS) is 11.7. The van der Waals surface area contributed by atoms with E-state index in [1.54, 1.807) is 6.92 Å². The van der Waals surface area contributed by atoms with Gasteiger partial charge in [0.15, 0.2) is 17.7 Å². The van der Waals surface area contributed by atoms with Gasteiger partial charge in [0, 0.05) is 5.56 Å². The minimum Gasteiger partial charge on any atom is -0.476 e. The minimum absolute atomic E-state index is 0.0458. The summed E-state index contributed by atoms with van der Waals surface area (Å²) in [5.74, 6) is -1.22. The van der Waals surface area contributed by atoms with Crippen LogP contribution in [0.1, 0.15) is 19.4 Å². The summed E-state index contributed by atoms with van der Waals surface area (Å²) in [7, 11) is 0. The van der Waals surface area contributed by atoms with Gasteiger partial charge < -0.3 is 15.2 Å². The van der Waals surface area contributed by atoms with Crippen molar-refractivity contribution < 1.29 is 18.7 Å². The Hall–Kier alpha value is -1.69. The molecule has 0 bridgehead atoms. The standard InChI is InChI=1S/C12H14FNO3S/c1-3-16-12(15)7(2)17-10-5-4-8(11(14)18)6-9(10)13/h4-7H,3H2,1-2H3,(H2,14,18). The highest BCUT2D eigenvalue weighted by molar-refractivity contribution is 7.80. The summed E-state index contributed by atoms with van der Waals surface area (Å²) in [4.78, 5) is 11.4. The summed E-state index contributed by atoms with van der Waals surface area (Å²) in [6.07, 6.45) is -0.880. The monoisotopic (exact) mass is 271 g/mol. The molecule has 18 heavy (non-hydrogen) atoms. The van der Waals surface area contributed by atoms with Crippen molar-refractivity contribution in [2.24, 2.45) is 5.73 Å². The lowest BCUT2D eigenvalue weighted by Crippen LogP contribution is -2.26. The molecule has 1 unspecified atom stereocenters. The topological polar surface area (TPSA) is 61.5 Å². The Balaban J connectivity index is 2.79. The zero-order chi connectivity index (χ0) is 13.7. The summed E-state index contributed by atoms with van der Waals surface area (Å²) >= 11 is 4.72. The lowest BCUT2D eigenvalue weighted by molar-refractivity contribution is -0.150. The third-order valence-electron chi connectivity index (χ3n) is 2.14. The van der Waals surface area contributed by atoms with Crippen LogP contribution < -0.4 is 10.5 Å². The van der Waals surface area contributed by atoms with Crippen molar-refractivity contribution in [2.75, 3.05) is 6.61 Å². The van der Waals surface area contributed by atoms with Gasteiger partial charge in [-0.2, -0.15) is 0 Å². The third-order valence-corrected chi connectivity index (χ3v) is 2.37. The molecule has 0 heterocycles. The van der Waals surface area contributed by atoms with Gasteiger partial charge in [-0.3, -0.25) is 0 Å². The summed E-state index contributed by atoms with van der Waals surface area (Å²) in [6.45, 7) is 3.41. The maximum Gasteiger partial charge on any atom is 0.347 e. The molecule has 0 saturated carbocycles. The van der Waals surface area contributed by atoms with E-state index in [-0.39, 0.29) is 17.3 Å². The number of benzene rings is 1. The fourth-order valence-electron chi connectivity index (χ4n) is 1.25. The smallest absolute Gasteiger partial charge is 0.347 e. The van der Waals surface area contributed by atoms with Crippen LogP contribution in [0.5, 0.6) is 5.75 Å². The van der Waals surface area contributed by atoms with Crippen molar-refractivity contribution in [3.8, 4) is 5.75 Å². The van der Waals surface area contributed by atoms with Gasteiger partial charge >= 0.3 is 5.97 Å². The van der Waals surface area contributed by atoms with Crippen molar-refractivity contribution in [3.63, 3.8) is 0 Å². The van der Waals surface area contributed by atoms with Crippen LogP contribution in [-0.4, -0.2) is 23.7 Å². The van der Waals surface area contributed by atoms with E-state index < -0.39 is 17.9 Å². The highest BCUT2D eigenvalue weighted by Gasteiger charge is 2.17. The van der Waals surface area contributed by atoms with E-state index in [9.17, 15) is 9.18 Å². The van der Waals surface area contributed by atoms with Crippen molar-refractivity contribution >= 4 is 23.2 Å². The van der Waals surface area contributed by atoms with Crippen LogP contribution in [0.4, 0.5) is 4.39 Å². The molecule has 6 heteroatoms. The Morgan fingerprint density at radius 3 is 2.72 bits per heavy atom. The van der Waals surface area contributed by atoms with Gasteiger partial charge in [0.1, 0.15) is 4.99 Å². The third kappa shape index (κ3) is 3.66. The molecule has 0 aliphatic carbocycles. The minimum atomic E-state index is -0.880. The molecule has 1 aromatic carbocycles. The van der Waals surface area contributed by atoms with Gasteiger partial charge in [-0.25, -0.2) is 9.18 Å². The molecule has 0 fully saturated rings. The summed E-state index contributed by atoms with van der Waals surface area (Å²) in [6, 6.07) is 4.06. The number of hydrogen-bond acceptors (Lipinski definition) is 4. The van der Waals surface area contributed by atoms with Gasteiger partial charge in [0.25, 0.3) is 0 Å². The van der Waals surface area contributed by atoms with E-state index in [1.807, 2.05) is 0 Å². The van der Waals surface area contributed by atoms with Gasteiger partial charge in [-0.1, -0.05) is 12.2 Å². The van der Waals surface area contributed by atoms with Crippen molar-refractivity contribution in [1.29, 1.82) is 0 Å². The number of ether oxygens (including phenoxy) is 2. The quantitative estimate of drug-likeness (QED) is 0.653.